The van der Waals surface area contributed by atoms with Crippen molar-refractivity contribution in [3.8, 4) is 96.2 Å². The van der Waals surface area contributed by atoms with Crippen LogP contribution in [0.5, 0.6) is 0 Å². The molecule has 9 aromatic carbocycles. The van der Waals surface area contributed by atoms with E-state index in [1.54, 1.807) is 0 Å². The molecule has 5 heteroatoms. The summed E-state index contributed by atoms with van der Waals surface area (Å²) in [7, 11) is 0. The maximum absolute atomic E-state index is 10.3. The first-order valence-electron chi connectivity index (χ1n) is 22.3. The molecule has 0 saturated heterocycles. The third kappa shape index (κ3) is 7.72. The van der Waals surface area contributed by atoms with Crippen molar-refractivity contribution in [1.82, 2.24) is 14.5 Å². The van der Waals surface area contributed by atoms with Gasteiger partial charge in [-0.2, -0.15) is 10.5 Å². The van der Waals surface area contributed by atoms with Crippen LogP contribution in [0.25, 0.3) is 106 Å². The van der Waals surface area contributed by atoms with Crippen LogP contribution < -0.4 is 0 Å². The zero-order valence-electron chi connectivity index (χ0n) is 36.9. The first-order chi connectivity index (χ1) is 32.9. The second-order valence-electron chi connectivity index (χ2n) is 17.0. The van der Waals surface area contributed by atoms with E-state index in [0.29, 0.717) is 17.0 Å². The molecule has 0 aliphatic heterocycles. The van der Waals surface area contributed by atoms with E-state index in [0.717, 1.165) is 100 Å². The van der Waals surface area contributed by atoms with Gasteiger partial charge in [0.25, 0.3) is 0 Å². The highest BCUT2D eigenvalue weighted by Gasteiger charge is 2.24. The number of aryl methyl sites for hydroxylation is 2. The van der Waals surface area contributed by atoms with Crippen molar-refractivity contribution in [2.45, 2.75) is 13.8 Å². The summed E-state index contributed by atoms with van der Waals surface area (Å²) in [5.74, 6) is 0.551. The summed E-state index contributed by atoms with van der Waals surface area (Å²) in [4.78, 5) is 10.6. The van der Waals surface area contributed by atoms with Crippen LogP contribution in [0.2, 0.25) is 0 Å². The van der Waals surface area contributed by atoms with E-state index in [9.17, 15) is 10.5 Å². The van der Waals surface area contributed by atoms with Crippen molar-refractivity contribution in [3.63, 3.8) is 0 Å². The van der Waals surface area contributed by atoms with Crippen molar-refractivity contribution >= 4 is 21.8 Å². The van der Waals surface area contributed by atoms with E-state index in [1.165, 1.54) is 11.1 Å². The fourth-order valence-corrected chi connectivity index (χ4v) is 9.32. The van der Waals surface area contributed by atoms with Crippen LogP contribution in [0.3, 0.4) is 0 Å². The summed E-state index contributed by atoms with van der Waals surface area (Å²) in [6, 6.07) is 77.9. The molecule has 67 heavy (non-hydrogen) atoms. The van der Waals surface area contributed by atoms with E-state index in [2.05, 4.69) is 164 Å². The lowest BCUT2D eigenvalue weighted by atomic mass is 9.91. The quantitative estimate of drug-likeness (QED) is 0.152. The summed E-state index contributed by atoms with van der Waals surface area (Å²) < 4.78 is 2.37. The lowest BCUT2D eigenvalue weighted by Gasteiger charge is -2.21. The molecule has 2 heterocycles. The number of fused-ring (bicyclic) bond motifs is 3. The summed E-state index contributed by atoms with van der Waals surface area (Å²) >= 11 is 0. The highest BCUT2D eigenvalue weighted by molar-refractivity contribution is 6.13. The molecule has 0 unspecified atom stereocenters. The molecule has 0 amide bonds. The highest BCUT2D eigenvalue weighted by atomic mass is 15.0. The molecule has 0 saturated carbocycles. The summed E-state index contributed by atoms with van der Waals surface area (Å²) in [6.07, 6.45) is 0. The number of rotatable bonds is 8. The summed E-state index contributed by atoms with van der Waals surface area (Å²) in [5.41, 5.74) is 18.8. The monoisotopic (exact) mass is 855 g/mol. The average Bonchev–Trinajstić information content (AvgIpc) is 3.71. The van der Waals surface area contributed by atoms with Gasteiger partial charge in [-0.1, -0.05) is 157 Å². The molecule has 314 valence electrons. The van der Waals surface area contributed by atoms with Crippen molar-refractivity contribution in [3.05, 3.63) is 235 Å². The Kier molecular flexibility index (Phi) is 10.4. The van der Waals surface area contributed by atoms with Gasteiger partial charge in [-0.05, 0) is 114 Å². The highest BCUT2D eigenvalue weighted by Crippen LogP contribution is 2.45. The number of nitrogens with zero attached hydrogens (tertiary/aromatic N) is 5. The Morgan fingerprint density at radius 1 is 0.358 bits per heavy atom. The molecule has 0 bridgehead atoms. The van der Waals surface area contributed by atoms with Crippen LogP contribution in [0, 0.1) is 36.5 Å². The zero-order chi connectivity index (χ0) is 45.4. The third-order valence-corrected chi connectivity index (χ3v) is 12.5. The Balaban J connectivity index is 1.27. The summed E-state index contributed by atoms with van der Waals surface area (Å²) in [6.45, 7) is 4.26. The first-order valence-corrected chi connectivity index (χ1v) is 22.3. The zero-order valence-corrected chi connectivity index (χ0v) is 36.9. The lowest BCUT2D eigenvalue weighted by Crippen LogP contribution is -2.03. The second kappa shape index (κ2) is 17.1. The lowest BCUT2D eigenvalue weighted by molar-refractivity contribution is 1.17. The number of nitriles is 2. The average molecular weight is 856 g/mol. The van der Waals surface area contributed by atoms with Gasteiger partial charge in [0.15, 0.2) is 5.82 Å². The Hall–Kier alpha value is -9.16. The van der Waals surface area contributed by atoms with Crippen molar-refractivity contribution in [2.24, 2.45) is 0 Å². The number of hydrogen-bond acceptors (Lipinski definition) is 4. The number of benzene rings is 9. The first kappa shape index (κ1) is 40.6. The van der Waals surface area contributed by atoms with Crippen LogP contribution in [-0.4, -0.2) is 14.5 Å². The molecular formula is C62H41N5. The minimum Gasteiger partial charge on any atom is -0.308 e. The molecule has 0 spiro atoms. The van der Waals surface area contributed by atoms with Crippen LogP contribution in [0.4, 0.5) is 0 Å². The molecule has 0 fully saturated rings. The maximum atomic E-state index is 10.3. The van der Waals surface area contributed by atoms with Crippen LogP contribution in [0.1, 0.15) is 22.3 Å². The van der Waals surface area contributed by atoms with E-state index in [-0.39, 0.29) is 0 Å². The van der Waals surface area contributed by atoms with Gasteiger partial charge in [-0.3, -0.25) is 0 Å². The smallest absolute Gasteiger partial charge is 0.160 e. The molecule has 5 nitrogen and oxygen atoms in total. The minimum absolute atomic E-state index is 0.545. The Bertz CT molecular complexity index is 3550. The number of hydrogen-bond donors (Lipinski definition) is 0. The van der Waals surface area contributed by atoms with Gasteiger partial charge >= 0.3 is 0 Å². The molecule has 0 radical (unpaired) electrons. The van der Waals surface area contributed by atoms with Crippen LogP contribution >= 0.6 is 0 Å². The minimum atomic E-state index is 0.545. The predicted octanol–water partition coefficient (Wildman–Crippen LogP) is 15.6. The normalized spacial score (nSPS) is 11.1. The standard InChI is InChI=1S/C62H41N5/c1-40-13-9-21-46(29-40)48-25-27-59-55(33-48)56-34-49(47-22-10-14-41(2)30-47)26-28-60(56)67(59)61-53(50-23-11-15-42(31-50)38-63)35-52(36-54(61)51-24-12-16-43(32-51)39-64)62-65-57(44-17-5-3-6-18-44)37-58(66-62)45-19-7-4-8-20-45/h3-37H,1-2H3. The molecule has 11 aromatic rings. The SMILES string of the molecule is Cc1cccc(-c2ccc3c(c2)c2cc(-c4cccc(C)c4)ccc2n3-c2c(-c3cccc(C#N)c3)cc(-c3nc(-c4ccccc4)cc(-c4ccccc4)n3)cc2-c2cccc(C#N)c2)c1. The molecular weight excluding hydrogens is 815 g/mol. The van der Waals surface area contributed by atoms with Crippen LogP contribution in [0.15, 0.2) is 212 Å². The van der Waals surface area contributed by atoms with Gasteiger partial charge in [0.2, 0.25) is 0 Å². The van der Waals surface area contributed by atoms with Gasteiger partial charge in [-0.15, -0.1) is 0 Å². The summed E-state index contributed by atoms with van der Waals surface area (Å²) in [5, 5.41) is 22.8. The molecule has 2 aromatic heterocycles. The van der Waals surface area contributed by atoms with Gasteiger partial charge in [0, 0.05) is 38.6 Å². The van der Waals surface area contributed by atoms with Crippen molar-refractivity contribution < 1.29 is 0 Å². The number of aromatic nitrogens is 3. The molecule has 0 aliphatic rings. The van der Waals surface area contributed by atoms with E-state index < -0.39 is 0 Å². The predicted molar refractivity (Wildman–Crippen MR) is 273 cm³/mol. The van der Waals surface area contributed by atoms with Gasteiger partial charge in [0.1, 0.15) is 0 Å². The molecule has 0 atom stereocenters. The van der Waals surface area contributed by atoms with Crippen LogP contribution in [-0.2, 0) is 0 Å². The van der Waals surface area contributed by atoms with Crippen molar-refractivity contribution in [2.75, 3.05) is 0 Å². The molecule has 0 aliphatic carbocycles. The van der Waals surface area contributed by atoms with E-state index in [1.807, 2.05) is 78.9 Å². The molecule has 11 rings (SSSR count). The topological polar surface area (TPSA) is 78.3 Å². The largest absolute Gasteiger partial charge is 0.308 e. The van der Waals surface area contributed by atoms with Gasteiger partial charge in [-0.25, -0.2) is 9.97 Å². The van der Waals surface area contributed by atoms with Gasteiger partial charge in [0.05, 0.1) is 51.4 Å². The fourth-order valence-electron chi connectivity index (χ4n) is 9.32. The maximum Gasteiger partial charge on any atom is 0.160 e. The fraction of sp³-hybridized carbons (Fsp3) is 0.0323. The third-order valence-electron chi connectivity index (χ3n) is 12.5. The van der Waals surface area contributed by atoms with Crippen molar-refractivity contribution in [1.29, 1.82) is 10.5 Å². The Morgan fingerprint density at radius 3 is 1.22 bits per heavy atom. The second-order valence-corrected chi connectivity index (χ2v) is 17.0. The Labute approximate surface area is 389 Å². The molecule has 0 N–H and O–H groups in total. The van der Waals surface area contributed by atoms with E-state index >= 15 is 0 Å². The Morgan fingerprint density at radius 2 is 0.776 bits per heavy atom. The van der Waals surface area contributed by atoms with E-state index in [4.69, 9.17) is 9.97 Å². The van der Waals surface area contributed by atoms with Gasteiger partial charge < -0.3 is 4.57 Å².